The highest BCUT2D eigenvalue weighted by Gasteiger charge is 2.32. The van der Waals surface area contributed by atoms with E-state index in [1.54, 1.807) is 4.90 Å². The van der Waals surface area contributed by atoms with Crippen LogP contribution in [0, 0.1) is 0 Å². The first-order valence-corrected chi connectivity index (χ1v) is 4.23. The standard InChI is InChI=1S/C8H15N3O2/c1-8(2,5-9)11-3-6(12)10-7(13)4-11/h3-5,9H2,1-2H3,(H,10,12,13). The third-order valence-electron chi connectivity index (χ3n) is 2.30. The molecule has 1 saturated heterocycles. The number of nitrogens with one attached hydrogen (secondary N) is 1. The summed E-state index contributed by atoms with van der Waals surface area (Å²) in [5.41, 5.74) is 5.25. The van der Waals surface area contributed by atoms with Gasteiger partial charge in [-0.1, -0.05) is 0 Å². The predicted octanol–water partition coefficient (Wildman–Crippen LogP) is -1.32. The Hall–Kier alpha value is -0.940. The first-order valence-electron chi connectivity index (χ1n) is 4.23. The highest BCUT2D eigenvalue weighted by molar-refractivity contribution is 5.99. The second-order valence-corrected chi connectivity index (χ2v) is 3.84. The van der Waals surface area contributed by atoms with Crippen LogP contribution in [0.2, 0.25) is 0 Å². The minimum atomic E-state index is -0.298. The Labute approximate surface area is 77.3 Å². The Morgan fingerprint density at radius 1 is 1.38 bits per heavy atom. The Kier molecular flexibility index (Phi) is 2.68. The molecule has 13 heavy (non-hydrogen) atoms. The molecule has 1 aliphatic rings. The zero-order valence-electron chi connectivity index (χ0n) is 7.96. The van der Waals surface area contributed by atoms with Crippen molar-refractivity contribution in [2.75, 3.05) is 19.6 Å². The first-order chi connectivity index (χ1) is 5.95. The van der Waals surface area contributed by atoms with E-state index in [1.807, 2.05) is 13.8 Å². The Morgan fingerprint density at radius 2 is 1.85 bits per heavy atom. The van der Waals surface area contributed by atoms with Gasteiger partial charge in [-0.15, -0.1) is 0 Å². The van der Waals surface area contributed by atoms with Gasteiger partial charge in [-0.2, -0.15) is 0 Å². The Morgan fingerprint density at radius 3 is 2.23 bits per heavy atom. The normalized spacial score (nSPS) is 20.2. The SMILES string of the molecule is CC(C)(CN)N1CC(=O)NC(=O)C1. The molecular weight excluding hydrogens is 170 g/mol. The van der Waals surface area contributed by atoms with Gasteiger partial charge in [0.05, 0.1) is 13.1 Å². The van der Waals surface area contributed by atoms with Gasteiger partial charge in [0.1, 0.15) is 0 Å². The highest BCUT2D eigenvalue weighted by atomic mass is 16.2. The van der Waals surface area contributed by atoms with Crippen LogP contribution in [0.4, 0.5) is 0 Å². The van der Waals surface area contributed by atoms with Crippen molar-refractivity contribution in [1.82, 2.24) is 10.2 Å². The number of carbonyl (C=O) groups is 2. The lowest BCUT2D eigenvalue weighted by atomic mass is 10.0. The highest BCUT2D eigenvalue weighted by Crippen LogP contribution is 2.13. The molecule has 2 amide bonds. The molecule has 0 unspecified atom stereocenters. The van der Waals surface area contributed by atoms with Crippen LogP contribution in [0.3, 0.4) is 0 Å². The fourth-order valence-corrected chi connectivity index (χ4v) is 1.19. The molecule has 0 bridgehead atoms. The van der Waals surface area contributed by atoms with Gasteiger partial charge in [0, 0.05) is 12.1 Å². The zero-order chi connectivity index (χ0) is 10.1. The molecule has 1 heterocycles. The summed E-state index contributed by atoms with van der Waals surface area (Å²) in [6.45, 7) is 4.75. The number of hydrogen-bond acceptors (Lipinski definition) is 4. The van der Waals surface area contributed by atoms with Crippen LogP contribution in [-0.2, 0) is 9.59 Å². The number of nitrogens with two attached hydrogens (primary N) is 1. The molecule has 0 aromatic heterocycles. The molecule has 0 aromatic rings. The second kappa shape index (κ2) is 3.43. The van der Waals surface area contributed by atoms with Crippen molar-refractivity contribution < 1.29 is 9.59 Å². The van der Waals surface area contributed by atoms with Crippen LogP contribution in [0.1, 0.15) is 13.8 Å². The van der Waals surface area contributed by atoms with E-state index in [9.17, 15) is 9.59 Å². The fraction of sp³-hybridized carbons (Fsp3) is 0.750. The monoisotopic (exact) mass is 185 g/mol. The summed E-state index contributed by atoms with van der Waals surface area (Å²) in [5.74, 6) is -0.504. The number of imide groups is 1. The van der Waals surface area contributed by atoms with Crippen molar-refractivity contribution in [3.05, 3.63) is 0 Å². The summed E-state index contributed by atoms with van der Waals surface area (Å²) >= 11 is 0. The maximum absolute atomic E-state index is 11.0. The topological polar surface area (TPSA) is 75.4 Å². The lowest BCUT2D eigenvalue weighted by Gasteiger charge is -2.38. The molecule has 0 aliphatic carbocycles. The minimum Gasteiger partial charge on any atom is -0.329 e. The zero-order valence-corrected chi connectivity index (χ0v) is 7.96. The van der Waals surface area contributed by atoms with E-state index in [0.29, 0.717) is 6.54 Å². The van der Waals surface area contributed by atoms with Gasteiger partial charge in [0.25, 0.3) is 0 Å². The summed E-state index contributed by atoms with van der Waals surface area (Å²) < 4.78 is 0. The van der Waals surface area contributed by atoms with Crippen molar-refractivity contribution in [2.45, 2.75) is 19.4 Å². The summed E-state index contributed by atoms with van der Waals surface area (Å²) in [4.78, 5) is 23.8. The van der Waals surface area contributed by atoms with E-state index >= 15 is 0 Å². The van der Waals surface area contributed by atoms with Gasteiger partial charge in [-0.25, -0.2) is 0 Å². The summed E-state index contributed by atoms with van der Waals surface area (Å²) in [5, 5.41) is 2.25. The molecule has 5 nitrogen and oxygen atoms in total. The molecule has 5 heteroatoms. The predicted molar refractivity (Wildman–Crippen MR) is 47.9 cm³/mol. The average Bonchev–Trinajstić information content (AvgIpc) is 2.02. The van der Waals surface area contributed by atoms with E-state index in [4.69, 9.17) is 5.73 Å². The van der Waals surface area contributed by atoms with Gasteiger partial charge in [0.15, 0.2) is 0 Å². The lowest BCUT2D eigenvalue weighted by Crippen LogP contribution is -2.60. The molecule has 0 saturated carbocycles. The van der Waals surface area contributed by atoms with E-state index in [2.05, 4.69) is 5.32 Å². The van der Waals surface area contributed by atoms with Crippen LogP contribution in [0.15, 0.2) is 0 Å². The van der Waals surface area contributed by atoms with E-state index < -0.39 is 0 Å². The number of hydrogen-bond donors (Lipinski definition) is 2. The third kappa shape index (κ3) is 2.26. The van der Waals surface area contributed by atoms with E-state index in [0.717, 1.165) is 0 Å². The average molecular weight is 185 g/mol. The number of piperazine rings is 1. The molecule has 1 rings (SSSR count). The smallest absolute Gasteiger partial charge is 0.240 e. The maximum atomic E-state index is 11.0. The third-order valence-corrected chi connectivity index (χ3v) is 2.30. The summed E-state index contributed by atoms with van der Waals surface area (Å²) in [6.07, 6.45) is 0. The Balaban J connectivity index is 2.70. The molecule has 0 aromatic carbocycles. The summed E-state index contributed by atoms with van der Waals surface area (Å²) in [6, 6.07) is 0. The molecule has 0 spiro atoms. The van der Waals surface area contributed by atoms with Gasteiger partial charge in [0.2, 0.25) is 11.8 Å². The van der Waals surface area contributed by atoms with Crippen LogP contribution in [-0.4, -0.2) is 41.9 Å². The van der Waals surface area contributed by atoms with Crippen LogP contribution < -0.4 is 11.1 Å². The first kappa shape index (κ1) is 10.1. The van der Waals surface area contributed by atoms with E-state index in [-0.39, 0.29) is 30.4 Å². The largest absolute Gasteiger partial charge is 0.329 e. The molecule has 1 aliphatic heterocycles. The second-order valence-electron chi connectivity index (χ2n) is 3.84. The Bertz CT molecular complexity index is 222. The molecule has 3 N–H and O–H groups in total. The number of carbonyl (C=O) groups excluding carboxylic acids is 2. The van der Waals surface area contributed by atoms with Gasteiger partial charge < -0.3 is 5.73 Å². The number of nitrogens with zero attached hydrogens (tertiary/aromatic N) is 1. The number of rotatable bonds is 2. The quantitative estimate of drug-likeness (QED) is 0.523. The van der Waals surface area contributed by atoms with Gasteiger partial charge in [-0.05, 0) is 13.8 Å². The van der Waals surface area contributed by atoms with E-state index in [1.165, 1.54) is 0 Å². The molecule has 1 fully saturated rings. The lowest BCUT2D eigenvalue weighted by molar-refractivity contribution is -0.138. The van der Waals surface area contributed by atoms with Gasteiger partial charge in [-0.3, -0.25) is 19.8 Å². The van der Waals surface area contributed by atoms with Crippen LogP contribution >= 0.6 is 0 Å². The van der Waals surface area contributed by atoms with Crippen molar-refractivity contribution >= 4 is 11.8 Å². The number of amides is 2. The molecular formula is C8H15N3O2. The van der Waals surface area contributed by atoms with Crippen molar-refractivity contribution in [1.29, 1.82) is 0 Å². The molecule has 0 radical (unpaired) electrons. The summed E-state index contributed by atoms with van der Waals surface area (Å²) in [7, 11) is 0. The molecule has 74 valence electrons. The van der Waals surface area contributed by atoms with Gasteiger partial charge >= 0.3 is 0 Å². The molecule has 0 atom stereocenters. The van der Waals surface area contributed by atoms with Crippen molar-refractivity contribution in [3.8, 4) is 0 Å². The minimum absolute atomic E-state index is 0.246. The fourth-order valence-electron chi connectivity index (χ4n) is 1.19. The van der Waals surface area contributed by atoms with Crippen molar-refractivity contribution in [3.63, 3.8) is 0 Å². The van der Waals surface area contributed by atoms with Crippen molar-refractivity contribution in [2.24, 2.45) is 5.73 Å². The van der Waals surface area contributed by atoms with Crippen LogP contribution in [0.25, 0.3) is 0 Å². The maximum Gasteiger partial charge on any atom is 0.240 e. The van der Waals surface area contributed by atoms with Crippen LogP contribution in [0.5, 0.6) is 0 Å².